The van der Waals surface area contributed by atoms with Crippen molar-refractivity contribution in [3.8, 4) is 0 Å². The van der Waals surface area contributed by atoms with Crippen LogP contribution in [0.2, 0.25) is 0 Å². The van der Waals surface area contributed by atoms with Gasteiger partial charge in [-0.2, -0.15) is 0 Å². The minimum Gasteiger partial charge on any atom is -0.317 e. The Morgan fingerprint density at radius 3 is 2.67 bits per heavy atom. The highest BCUT2D eigenvalue weighted by Gasteiger charge is 2.16. The number of hydrogen-bond acceptors (Lipinski definition) is 2. The number of halogens is 1. The van der Waals surface area contributed by atoms with E-state index in [1.54, 1.807) is 4.88 Å². The molecule has 2 heterocycles. The molecule has 12 heavy (non-hydrogen) atoms. The largest absolute Gasteiger partial charge is 0.317 e. The molecule has 0 radical (unpaired) electrons. The standard InChI is InChI=1S/C9H12BrNS/c10-9-2-1-8(12-9)7-3-5-11-6-4-7/h1-2,7,11H,3-6H2. The van der Waals surface area contributed by atoms with E-state index in [0.29, 0.717) is 0 Å². The van der Waals surface area contributed by atoms with Crippen molar-refractivity contribution in [2.75, 3.05) is 13.1 Å². The maximum atomic E-state index is 3.50. The van der Waals surface area contributed by atoms with Gasteiger partial charge in [0.1, 0.15) is 0 Å². The van der Waals surface area contributed by atoms with Gasteiger partial charge in [0.2, 0.25) is 0 Å². The fraction of sp³-hybridized carbons (Fsp3) is 0.556. The molecule has 0 amide bonds. The first-order valence-electron chi connectivity index (χ1n) is 4.32. The molecule has 0 saturated carbocycles. The van der Waals surface area contributed by atoms with Crippen LogP contribution in [0.1, 0.15) is 23.6 Å². The predicted octanol–water partition coefficient (Wildman–Crippen LogP) is 2.98. The summed E-state index contributed by atoms with van der Waals surface area (Å²) in [5, 5.41) is 3.38. The first-order valence-corrected chi connectivity index (χ1v) is 5.93. The van der Waals surface area contributed by atoms with E-state index in [2.05, 4.69) is 33.4 Å². The molecular weight excluding hydrogens is 234 g/mol. The second-order valence-electron chi connectivity index (χ2n) is 3.17. The molecule has 2 rings (SSSR count). The second kappa shape index (κ2) is 3.90. The summed E-state index contributed by atoms with van der Waals surface area (Å²) in [6.07, 6.45) is 2.60. The van der Waals surface area contributed by atoms with Crippen molar-refractivity contribution in [2.45, 2.75) is 18.8 Å². The minimum absolute atomic E-state index is 0.808. The van der Waals surface area contributed by atoms with E-state index in [1.807, 2.05) is 11.3 Å². The van der Waals surface area contributed by atoms with E-state index in [0.717, 1.165) is 5.92 Å². The lowest BCUT2D eigenvalue weighted by atomic mass is 9.97. The molecule has 1 aliphatic rings. The quantitative estimate of drug-likeness (QED) is 0.803. The van der Waals surface area contributed by atoms with Gasteiger partial charge in [0.25, 0.3) is 0 Å². The van der Waals surface area contributed by atoms with Gasteiger partial charge in [-0.3, -0.25) is 0 Å². The Labute approximate surface area is 85.3 Å². The van der Waals surface area contributed by atoms with E-state index in [9.17, 15) is 0 Å². The van der Waals surface area contributed by atoms with Gasteiger partial charge in [0.15, 0.2) is 0 Å². The molecule has 1 aromatic heterocycles. The Morgan fingerprint density at radius 2 is 2.08 bits per heavy atom. The lowest BCUT2D eigenvalue weighted by molar-refractivity contribution is 0.465. The van der Waals surface area contributed by atoms with Gasteiger partial charge in [0.05, 0.1) is 3.79 Å². The Bertz CT molecular complexity index is 253. The topological polar surface area (TPSA) is 12.0 Å². The highest BCUT2D eigenvalue weighted by atomic mass is 79.9. The normalized spacial score (nSPS) is 19.8. The lowest BCUT2D eigenvalue weighted by Gasteiger charge is -2.21. The van der Waals surface area contributed by atoms with Crippen LogP contribution in [0.15, 0.2) is 15.9 Å². The van der Waals surface area contributed by atoms with Crippen LogP contribution in [0.25, 0.3) is 0 Å². The number of hydrogen-bond donors (Lipinski definition) is 1. The molecule has 1 nitrogen and oxygen atoms in total. The van der Waals surface area contributed by atoms with E-state index in [1.165, 1.54) is 29.7 Å². The summed E-state index contributed by atoms with van der Waals surface area (Å²) >= 11 is 5.38. The maximum Gasteiger partial charge on any atom is 0.0701 e. The lowest BCUT2D eigenvalue weighted by Crippen LogP contribution is -2.26. The molecule has 0 bridgehead atoms. The van der Waals surface area contributed by atoms with Gasteiger partial charge < -0.3 is 5.32 Å². The van der Waals surface area contributed by atoms with Gasteiger partial charge in [0, 0.05) is 4.88 Å². The molecule has 0 aliphatic carbocycles. The molecule has 1 aliphatic heterocycles. The van der Waals surface area contributed by atoms with Crippen LogP contribution in [0, 0.1) is 0 Å². The predicted molar refractivity (Wildman–Crippen MR) is 56.9 cm³/mol. The number of nitrogens with one attached hydrogen (secondary N) is 1. The Morgan fingerprint density at radius 1 is 1.33 bits per heavy atom. The highest BCUT2D eigenvalue weighted by molar-refractivity contribution is 9.11. The van der Waals surface area contributed by atoms with Crippen LogP contribution >= 0.6 is 27.3 Å². The SMILES string of the molecule is Brc1ccc(C2CCNCC2)s1. The van der Waals surface area contributed by atoms with Crippen molar-refractivity contribution in [3.05, 3.63) is 20.8 Å². The van der Waals surface area contributed by atoms with E-state index < -0.39 is 0 Å². The summed E-state index contributed by atoms with van der Waals surface area (Å²) in [5.74, 6) is 0.808. The first-order chi connectivity index (χ1) is 5.86. The minimum atomic E-state index is 0.808. The molecule has 0 aromatic carbocycles. The van der Waals surface area contributed by atoms with Crippen LogP contribution in [-0.2, 0) is 0 Å². The summed E-state index contributed by atoms with van der Waals surface area (Å²) in [4.78, 5) is 1.54. The third-order valence-corrected chi connectivity index (χ3v) is 4.12. The van der Waals surface area contributed by atoms with Gasteiger partial charge in [-0.1, -0.05) is 0 Å². The average Bonchev–Trinajstić information content (AvgIpc) is 2.54. The third kappa shape index (κ3) is 1.90. The van der Waals surface area contributed by atoms with Crippen LogP contribution in [-0.4, -0.2) is 13.1 Å². The van der Waals surface area contributed by atoms with Crippen LogP contribution in [0.4, 0.5) is 0 Å². The molecular formula is C9H12BrNS. The molecule has 3 heteroatoms. The van der Waals surface area contributed by atoms with Crippen molar-refractivity contribution in [3.63, 3.8) is 0 Å². The van der Waals surface area contributed by atoms with Gasteiger partial charge in [-0.25, -0.2) is 0 Å². The van der Waals surface area contributed by atoms with Crippen LogP contribution in [0.5, 0.6) is 0 Å². The Balaban J connectivity index is 2.08. The summed E-state index contributed by atoms with van der Waals surface area (Å²) in [6.45, 7) is 2.36. The zero-order valence-electron chi connectivity index (χ0n) is 6.85. The zero-order valence-corrected chi connectivity index (χ0v) is 9.25. The van der Waals surface area contributed by atoms with Gasteiger partial charge in [-0.15, -0.1) is 11.3 Å². The summed E-state index contributed by atoms with van der Waals surface area (Å²) in [7, 11) is 0. The van der Waals surface area contributed by atoms with Crippen LogP contribution in [0.3, 0.4) is 0 Å². The zero-order chi connectivity index (χ0) is 8.39. The van der Waals surface area contributed by atoms with Gasteiger partial charge in [-0.05, 0) is 59.9 Å². The maximum absolute atomic E-state index is 3.50. The van der Waals surface area contributed by atoms with E-state index >= 15 is 0 Å². The summed E-state index contributed by atoms with van der Waals surface area (Å²) in [5.41, 5.74) is 0. The molecule has 0 unspecified atom stereocenters. The molecule has 0 spiro atoms. The average molecular weight is 246 g/mol. The van der Waals surface area contributed by atoms with Crippen LogP contribution < -0.4 is 5.32 Å². The molecule has 1 N–H and O–H groups in total. The molecule has 1 fully saturated rings. The Hall–Kier alpha value is 0.140. The Kier molecular flexibility index (Phi) is 2.84. The van der Waals surface area contributed by atoms with E-state index in [4.69, 9.17) is 0 Å². The smallest absolute Gasteiger partial charge is 0.0701 e. The third-order valence-electron chi connectivity index (χ3n) is 2.34. The molecule has 1 aromatic rings. The monoisotopic (exact) mass is 245 g/mol. The van der Waals surface area contributed by atoms with Gasteiger partial charge >= 0.3 is 0 Å². The van der Waals surface area contributed by atoms with E-state index in [-0.39, 0.29) is 0 Å². The molecule has 1 saturated heterocycles. The van der Waals surface area contributed by atoms with Crippen molar-refractivity contribution >= 4 is 27.3 Å². The fourth-order valence-electron chi connectivity index (χ4n) is 1.65. The number of thiophene rings is 1. The summed E-state index contributed by atoms with van der Waals surface area (Å²) < 4.78 is 1.26. The van der Waals surface area contributed by atoms with Crippen molar-refractivity contribution in [1.29, 1.82) is 0 Å². The number of piperidine rings is 1. The van der Waals surface area contributed by atoms with Crippen molar-refractivity contribution in [2.24, 2.45) is 0 Å². The van der Waals surface area contributed by atoms with Crippen molar-refractivity contribution < 1.29 is 0 Å². The first kappa shape index (κ1) is 8.73. The van der Waals surface area contributed by atoms with Crippen molar-refractivity contribution in [1.82, 2.24) is 5.32 Å². The highest BCUT2D eigenvalue weighted by Crippen LogP contribution is 2.33. The molecule has 0 atom stereocenters. The molecule has 66 valence electrons. The summed E-state index contributed by atoms with van der Waals surface area (Å²) in [6, 6.07) is 4.41. The number of rotatable bonds is 1. The second-order valence-corrected chi connectivity index (χ2v) is 5.66. The fourth-order valence-corrected chi connectivity index (χ4v) is 3.25.